The van der Waals surface area contributed by atoms with Gasteiger partial charge in [-0.15, -0.1) is 5.10 Å². The molecule has 1 fully saturated rings. The fraction of sp³-hybridized carbons (Fsp3) is 0.417. The van der Waals surface area contributed by atoms with Gasteiger partial charge in [0, 0.05) is 18.8 Å². The summed E-state index contributed by atoms with van der Waals surface area (Å²) < 4.78 is 1.74. The van der Waals surface area contributed by atoms with E-state index in [9.17, 15) is 4.79 Å². The summed E-state index contributed by atoms with van der Waals surface area (Å²) in [5.74, 6) is 0. The Morgan fingerprint density at radius 1 is 1.58 bits per heavy atom. The molecule has 100 valence electrons. The third kappa shape index (κ3) is 2.57. The molecule has 6 nitrogen and oxygen atoms in total. The Hall–Kier alpha value is -1.60. The minimum atomic E-state index is -0.129. The minimum Gasteiger partial charge on any atom is -0.316 e. The van der Waals surface area contributed by atoms with E-state index in [-0.39, 0.29) is 5.69 Å². The lowest BCUT2D eigenvalue weighted by atomic mass is 10.3. The van der Waals surface area contributed by atoms with Gasteiger partial charge in [-0.25, -0.2) is 14.9 Å². The molecule has 0 unspecified atom stereocenters. The summed E-state index contributed by atoms with van der Waals surface area (Å²) in [5.41, 5.74) is 0.976. The van der Waals surface area contributed by atoms with Gasteiger partial charge >= 0.3 is 5.69 Å². The predicted octanol–water partition coefficient (Wildman–Crippen LogP) is 1.17. The first-order valence-electron chi connectivity index (χ1n) is 6.23. The highest BCUT2D eigenvalue weighted by Gasteiger charge is 2.29. The number of H-pyrrole nitrogens is 1. The lowest BCUT2D eigenvalue weighted by molar-refractivity contribution is 0.641. The van der Waals surface area contributed by atoms with Crippen molar-refractivity contribution in [2.75, 3.05) is 7.05 Å². The largest absolute Gasteiger partial charge is 0.344 e. The van der Waals surface area contributed by atoms with Gasteiger partial charge in [0.1, 0.15) is 5.03 Å². The molecule has 0 atom stereocenters. The van der Waals surface area contributed by atoms with Crippen molar-refractivity contribution in [2.24, 2.45) is 0 Å². The van der Waals surface area contributed by atoms with E-state index < -0.39 is 0 Å². The van der Waals surface area contributed by atoms with Crippen molar-refractivity contribution >= 4 is 11.8 Å². The monoisotopic (exact) mass is 277 g/mol. The van der Waals surface area contributed by atoms with Gasteiger partial charge < -0.3 is 5.32 Å². The number of hydrogen-bond donors (Lipinski definition) is 2. The number of rotatable bonds is 5. The van der Waals surface area contributed by atoms with Crippen LogP contribution in [0, 0.1) is 0 Å². The number of nitrogens with zero attached hydrogens (tertiary/aromatic N) is 3. The lowest BCUT2D eigenvalue weighted by Crippen LogP contribution is -2.16. The number of pyridine rings is 1. The quantitative estimate of drug-likeness (QED) is 0.858. The molecular formula is C12H15N5OS. The van der Waals surface area contributed by atoms with Crippen LogP contribution in [-0.4, -0.2) is 26.8 Å². The Balaban J connectivity index is 1.91. The van der Waals surface area contributed by atoms with Gasteiger partial charge in [0.2, 0.25) is 0 Å². The minimum absolute atomic E-state index is 0.129. The van der Waals surface area contributed by atoms with Gasteiger partial charge in [-0.05, 0) is 43.3 Å². The molecule has 2 heterocycles. The molecule has 0 aromatic carbocycles. The second-order valence-corrected chi connectivity index (χ2v) is 5.47. The van der Waals surface area contributed by atoms with Crippen LogP contribution in [0.3, 0.4) is 0 Å². The van der Waals surface area contributed by atoms with Gasteiger partial charge in [0.15, 0.2) is 5.16 Å². The molecule has 0 radical (unpaired) electrons. The van der Waals surface area contributed by atoms with Gasteiger partial charge in [-0.1, -0.05) is 6.07 Å². The van der Waals surface area contributed by atoms with Crippen LogP contribution in [0.1, 0.15) is 24.4 Å². The third-order valence-corrected chi connectivity index (χ3v) is 4.02. The van der Waals surface area contributed by atoms with Gasteiger partial charge in [0.25, 0.3) is 0 Å². The van der Waals surface area contributed by atoms with E-state index in [0.717, 1.165) is 30.0 Å². The van der Waals surface area contributed by atoms with E-state index in [1.165, 1.54) is 11.8 Å². The fourth-order valence-electron chi connectivity index (χ4n) is 1.94. The average Bonchev–Trinajstić information content (AvgIpc) is 3.18. The first-order valence-corrected chi connectivity index (χ1v) is 7.04. The SMILES string of the molecule is CNCc1cccnc1Sc1n[nH]c(=O)n1C1CC1. The average molecular weight is 277 g/mol. The number of aromatic amines is 1. The molecule has 0 aliphatic heterocycles. The van der Waals surface area contributed by atoms with Crippen molar-refractivity contribution in [1.29, 1.82) is 0 Å². The highest BCUT2D eigenvalue weighted by Crippen LogP contribution is 2.37. The predicted molar refractivity (Wildman–Crippen MR) is 72.2 cm³/mol. The maximum absolute atomic E-state index is 11.7. The zero-order chi connectivity index (χ0) is 13.2. The maximum atomic E-state index is 11.7. The van der Waals surface area contributed by atoms with E-state index >= 15 is 0 Å². The topological polar surface area (TPSA) is 75.6 Å². The Bertz CT molecular complexity index is 631. The van der Waals surface area contributed by atoms with Crippen molar-refractivity contribution in [1.82, 2.24) is 25.1 Å². The van der Waals surface area contributed by atoms with E-state index in [2.05, 4.69) is 20.5 Å². The van der Waals surface area contributed by atoms with E-state index in [4.69, 9.17) is 0 Å². The zero-order valence-corrected chi connectivity index (χ0v) is 11.4. The smallest absolute Gasteiger partial charge is 0.316 e. The van der Waals surface area contributed by atoms with Crippen molar-refractivity contribution in [3.63, 3.8) is 0 Å². The van der Waals surface area contributed by atoms with Crippen LogP contribution in [0.15, 0.2) is 33.3 Å². The Morgan fingerprint density at radius 2 is 2.42 bits per heavy atom. The van der Waals surface area contributed by atoms with Crippen LogP contribution in [0.4, 0.5) is 0 Å². The van der Waals surface area contributed by atoms with E-state index in [0.29, 0.717) is 11.2 Å². The van der Waals surface area contributed by atoms with Crippen molar-refractivity contribution in [3.05, 3.63) is 34.4 Å². The van der Waals surface area contributed by atoms with E-state index in [1.54, 1.807) is 10.8 Å². The number of nitrogens with one attached hydrogen (secondary N) is 2. The number of hydrogen-bond acceptors (Lipinski definition) is 5. The molecule has 1 saturated carbocycles. The molecule has 0 bridgehead atoms. The van der Waals surface area contributed by atoms with Crippen LogP contribution in [0.5, 0.6) is 0 Å². The second kappa shape index (κ2) is 5.18. The summed E-state index contributed by atoms with van der Waals surface area (Å²) >= 11 is 1.44. The van der Waals surface area contributed by atoms with Crippen LogP contribution in [0.25, 0.3) is 0 Å². The standard InChI is InChI=1S/C12H15N5OS/c1-13-7-8-3-2-6-14-10(8)19-12-16-15-11(18)17(12)9-4-5-9/h2-3,6,9,13H,4-5,7H2,1H3,(H,15,18). The van der Waals surface area contributed by atoms with Crippen molar-refractivity contribution < 1.29 is 0 Å². The molecule has 0 spiro atoms. The molecule has 0 amide bonds. The molecule has 3 rings (SSSR count). The van der Waals surface area contributed by atoms with Gasteiger partial charge in [-0.3, -0.25) is 4.57 Å². The van der Waals surface area contributed by atoms with Gasteiger partial charge in [-0.2, -0.15) is 0 Å². The first kappa shape index (κ1) is 12.4. The lowest BCUT2D eigenvalue weighted by Gasteiger charge is -2.07. The van der Waals surface area contributed by atoms with Crippen LogP contribution in [-0.2, 0) is 6.54 Å². The fourth-order valence-corrected chi connectivity index (χ4v) is 2.92. The highest BCUT2D eigenvalue weighted by molar-refractivity contribution is 7.99. The normalized spacial score (nSPS) is 14.8. The van der Waals surface area contributed by atoms with E-state index in [1.807, 2.05) is 19.2 Å². The molecule has 1 aliphatic carbocycles. The van der Waals surface area contributed by atoms with Crippen LogP contribution >= 0.6 is 11.8 Å². The summed E-state index contributed by atoms with van der Waals surface area (Å²) in [5, 5.41) is 11.3. The summed E-state index contributed by atoms with van der Waals surface area (Å²) in [4.78, 5) is 16.1. The second-order valence-electron chi connectivity index (χ2n) is 4.51. The molecule has 2 aromatic heterocycles. The first-order chi connectivity index (χ1) is 9.29. The van der Waals surface area contributed by atoms with Crippen molar-refractivity contribution in [3.8, 4) is 0 Å². The van der Waals surface area contributed by atoms with Crippen LogP contribution in [0.2, 0.25) is 0 Å². The molecule has 1 aliphatic rings. The Morgan fingerprint density at radius 3 is 3.16 bits per heavy atom. The molecular weight excluding hydrogens is 262 g/mol. The third-order valence-electron chi connectivity index (χ3n) is 2.99. The van der Waals surface area contributed by atoms with Gasteiger partial charge in [0.05, 0.1) is 0 Å². The zero-order valence-electron chi connectivity index (χ0n) is 10.6. The Kier molecular flexibility index (Phi) is 3.39. The highest BCUT2D eigenvalue weighted by atomic mass is 32.2. The molecule has 19 heavy (non-hydrogen) atoms. The summed E-state index contributed by atoms with van der Waals surface area (Å²) in [6.45, 7) is 0.744. The summed E-state index contributed by atoms with van der Waals surface area (Å²) in [6.07, 6.45) is 3.87. The molecule has 2 N–H and O–H groups in total. The molecule has 0 saturated heterocycles. The van der Waals surface area contributed by atoms with Crippen LogP contribution < -0.4 is 11.0 Å². The summed E-state index contributed by atoms with van der Waals surface area (Å²) in [6, 6.07) is 4.25. The van der Waals surface area contributed by atoms with Crippen molar-refractivity contribution in [2.45, 2.75) is 35.6 Å². The maximum Gasteiger partial charge on any atom is 0.344 e. The summed E-state index contributed by atoms with van der Waals surface area (Å²) in [7, 11) is 1.90. The molecule has 7 heteroatoms. The molecule has 2 aromatic rings. The Labute approximate surface area is 114 Å². The number of aromatic nitrogens is 4.